The smallest absolute Gasteiger partial charge is 0.0406 e. The summed E-state index contributed by atoms with van der Waals surface area (Å²) in [5.41, 5.74) is 9.87. The van der Waals surface area contributed by atoms with Crippen molar-refractivity contribution in [2.45, 2.75) is 19.4 Å². The van der Waals surface area contributed by atoms with Gasteiger partial charge in [0, 0.05) is 15.5 Å². The van der Waals surface area contributed by atoms with E-state index < -0.39 is 0 Å². The Bertz CT molecular complexity index is 537. The molecule has 0 aliphatic carbocycles. The number of hydrogen-bond acceptors (Lipinski definition) is 1. The summed E-state index contributed by atoms with van der Waals surface area (Å²) in [6.45, 7) is 2.08. The molecule has 94 valence electrons. The van der Waals surface area contributed by atoms with Crippen molar-refractivity contribution in [2.75, 3.05) is 0 Å². The molecule has 1 nitrogen and oxygen atoms in total. The lowest BCUT2D eigenvalue weighted by atomic mass is 9.96. The van der Waals surface area contributed by atoms with E-state index in [1.54, 1.807) is 0 Å². The van der Waals surface area contributed by atoms with Crippen LogP contribution in [0.2, 0.25) is 5.02 Å². The molecule has 2 N–H and O–H groups in total. The van der Waals surface area contributed by atoms with Crippen molar-refractivity contribution in [3.8, 4) is 0 Å². The van der Waals surface area contributed by atoms with Gasteiger partial charge < -0.3 is 5.73 Å². The molecule has 0 amide bonds. The highest BCUT2D eigenvalue weighted by atomic mass is 79.9. The van der Waals surface area contributed by atoms with E-state index in [1.807, 2.05) is 36.4 Å². The van der Waals surface area contributed by atoms with Crippen LogP contribution in [0.5, 0.6) is 0 Å². The SMILES string of the molecule is Cc1c(Br)cccc1C(N)Cc1ccc(Cl)cc1. The average molecular weight is 325 g/mol. The summed E-state index contributed by atoms with van der Waals surface area (Å²) in [5.74, 6) is 0. The van der Waals surface area contributed by atoms with E-state index in [0.29, 0.717) is 0 Å². The van der Waals surface area contributed by atoms with Crippen molar-refractivity contribution in [3.63, 3.8) is 0 Å². The van der Waals surface area contributed by atoms with Crippen LogP contribution in [0.1, 0.15) is 22.7 Å². The van der Waals surface area contributed by atoms with Gasteiger partial charge in [0.15, 0.2) is 0 Å². The minimum Gasteiger partial charge on any atom is -0.324 e. The van der Waals surface area contributed by atoms with E-state index in [-0.39, 0.29) is 6.04 Å². The molecule has 1 unspecified atom stereocenters. The third kappa shape index (κ3) is 3.14. The molecule has 0 aliphatic heterocycles. The molecule has 0 fully saturated rings. The third-order valence-corrected chi connectivity index (χ3v) is 4.19. The van der Waals surface area contributed by atoms with Gasteiger partial charge in [-0.1, -0.05) is 51.8 Å². The number of halogens is 2. The van der Waals surface area contributed by atoms with Crippen LogP contribution in [-0.2, 0) is 6.42 Å². The Morgan fingerprint density at radius 1 is 1.17 bits per heavy atom. The molecule has 0 saturated heterocycles. The summed E-state index contributed by atoms with van der Waals surface area (Å²) in [5, 5.41) is 0.756. The lowest BCUT2D eigenvalue weighted by Gasteiger charge is -2.16. The highest BCUT2D eigenvalue weighted by Crippen LogP contribution is 2.25. The van der Waals surface area contributed by atoms with E-state index in [0.717, 1.165) is 15.9 Å². The van der Waals surface area contributed by atoms with E-state index in [9.17, 15) is 0 Å². The molecule has 2 rings (SSSR count). The van der Waals surface area contributed by atoms with Crippen LogP contribution in [0, 0.1) is 6.92 Å². The van der Waals surface area contributed by atoms with Gasteiger partial charge in [0.05, 0.1) is 0 Å². The Hall–Kier alpha value is -0.830. The maximum Gasteiger partial charge on any atom is 0.0406 e. The summed E-state index contributed by atoms with van der Waals surface area (Å²) in [4.78, 5) is 0. The lowest BCUT2D eigenvalue weighted by Crippen LogP contribution is -2.14. The fourth-order valence-corrected chi connectivity index (χ4v) is 2.52. The Labute approximate surface area is 121 Å². The van der Waals surface area contributed by atoms with E-state index in [1.165, 1.54) is 16.7 Å². The van der Waals surface area contributed by atoms with Gasteiger partial charge in [-0.05, 0) is 48.2 Å². The molecule has 3 heteroatoms. The zero-order chi connectivity index (χ0) is 13.1. The van der Waals surface area contributed by atoms with Crippen molar-refractivity contribution in [3.05, 3.63) is 68.7 Å². The Balaban J connectivity index is 2.19. The predicted molar refractivity (Wildman–Crippen MR) is 81.0 cm³/mol. The molecule has 0 bridgehead atoms. The number of nitrogens with two attached hydrogens (primary N) is 1. The molecule has 0 aromatic heterocycles. The Kier molecular flexibility index (Phi) is 4.44. The first-order valence-corrected chi connectivity index (χ1v) is 7.00. The second-order valence-corrected chi connectivity index (χ2v) is 5.68. The first-order valence-electron chi connectivity index (χ1n) is 5.83. The van der Waals surface area contributed by atoms with Crippen LogP contribution in [-0.4, -0.2) is 0 Å². The van der Waals surface area contributed by atoms with Crippen molar-refractivity contribution in [2.24, 2.45) is 5.73 Å². The van der Waals surface area contributed by atoms with Gasteiger partial charge in [-0.3, -0.25) is 0 Å². The quantitative estimate of drug-likeness (QED) is 0.873. The molecule has 0 aliphatic rings. The molecule has 0 saturated carbocycles. The molecular formula is C15H15BrClN. The van der Waals surface area contributed by atoms with Crippen LogP contribution < -0.4 is 5.73 Å². The highest BCUT2D eigenvalue weighted by Gasteiger charge is 2.11. The molecule has 1 atom stereocenters. The highest BCUT2D eigenvalue weighted by molar-refractivity contribution is 9.10. The first kappa shape index (κ1) is 13.6. The molecular weight excluding hydrogens is 310 g/mol. The Morgan fingerprint density at radius 2 is 1.83 bits per heavy atom. The number of hydrogen-bond donors (Lipinski definition) is 1. The number of rotatable bonds is 3. The summed E-state index contributed by atoms with van der Waals surface area (Å²) < 4.78 is 1.10. The van der Waals surface area contributed by atoms with Crippen LogP contribution in [0.25, 0.3) is 0 Å². The average Bonchev–Trinajstić information content (AvgIpc) is 2.35. The molecule has 0 spiro atoms. The van der Waals surface area contributed by atoms with Gasteiger partial charge in [0.25, 0.3) is 0 Å². The summed E-state index contributed by atoms with van der Waals surface area (Å²) >= 11 is 9.41. The summed E-state index contributed by atoms with van der Waals surface area (Å²) in [6.07, 6.45) is 0.814. The largest absolute Gasteiger partial charge is 0.324 e. The summed E-state index contributed by atoms with van der Waals surface area (Å²) in [6, 6.07) is 14.0. The topological polar surface area (TPSA) is 26.0 Å². The number of benzene rings is 2. The zero-order valence-corrected chi connectivity index (χ0v) is 12.5. The van der Waals surface area contributed by atoms with Gasteiger partial charge in [0.2, 0.25) is 0 Å². The van der Waals surface area contributed by atoms with Gasteiger partial charge in [-0.25, -0.2) is 0 Å². The van der Waals surface area contributed by atoms with Crippen molar-refractivity contribution >= 4 is 27.5 Å². The van der Waals surface area contributed by atoms with Crippen LogP contribution in [0.3, 0.4) is 0 Å². The normalized spacial score (nSPS) is 12.4. The van der Waals surface area contributed by atoms with Gasteiger partial charge in [0.1, 0.15) is 0 Å². The van der Waals surface area contributed by atoms with Gasteiger partial charge >= 0.3 is 0 Å². The van der Waals surface area contributed by atoms with Crippen molar-refractivity contribution in [1.29, 1.82) is 0 Å². The standard InChI is InChI=1S/C15H15BrClN/c1-10-13(3-2-4-14(10)16)15(18)9-11-5-7-12(17)8-6-11/h2-8,15H,9,18H2,1H3. The first-order chi connectivity index (χ1) is 8.58. The molecule has 0 radical (unpaired) electrons. The van der Waals surface area contributed by atoms with Gasteiger partial charge in [-0.15, -0.1) is 0 Å². The van der Waals surface area contributed by atoms with Crippen molar-refractivity contribution < 1.29 is 0 Å². The van der Waals surface area contributed by atoms with E-state index >= 15 is 0 Å². The molecule has 2 aromatic carbocycles. The molecule has 18 heavy (non-hydrogen) atoms. The van der Waals surface area contributed by atoms with E-state index in [2.05, 4.69) is 28.9 Å². The van der Waals surface area contributed by atoms with Crippen molar-refractivity contribution in [1.82, 2.24) is 0 Å². The van der Waals surface area contributed by atoms with Gasteiger partial charge in [-0.2, -0.15) is 0 Å². The predicted octanol–water partition coefficient (Wildman–Crippen LogP) is 4.65. The minimum absolute atomic E-state index is 0.00340. The summed E-state index contributed by atoms with van der Waals surface area (Å²) in [7, 11) is 0. The molecule has 2 aromatic rings. The maximum absolute atomic E-state index is 6.28. The van der Waals surface area contributed by atoms with Crippen LogP contribution >= 0.6 is 27.5 Å². The fourth-order valence-electron chi connectivity index (χ4n) is 2.01. The van der Waals surface area contributed by atoms with E-state index in [4.69, 9.17) is 17.3 Å². The van der Waals surface area contributed by atoms with Crippen LogP contribution in [0.15, 0.2) is 46.9 Å². The zero-order valence-electron chi connectivity index (χ0n) is 10.2. The lowest BCUT2D eigenvalue weighted by molar-refractivity contribution is 0.716. The second-order valence-electron chi connectivity index (χ2n) is 4.39. The maximum atomic E-state index is 6.28. The third-order valence-electron chi connectivity index (χ3n) is 3.08. The Morgan fingerprint density at radius 3 is 2.50 bits per heavy atom. The monoisotopic (exact) mass is 323 g/mol. The van der Waals surface area contributed by atoms with Crippen LogP contribution in [0.4, 0.5) is 0 Å². The fraction of sp³-hybridized carbons (Fsp3) is 0.200. The second kappa shape index (κ2) is 5.87. The minimum atomic E-state index is 0.00340. The molecule has 0 heterocycles.